The summed E-state index contributed by atoms with van der Waals surface area (Å²) in [6.07, 6.45) is 1.11. The van der Waals surface area contributed by atoms with E-state index in [9.17, 15) is 0 Å². The van der Waals surface area contributed by atoms with Crippen LogP contribution in [0.2, 0.25) is 0 Å². The van der Waals surface area contributed by atoms with E-state index in [0.717, 1.165) is 34.5 Å². The summed E-state index contributed by atoms with van der Waals surface area (Å²) < 4.78 is 12.8. The SMILES string of the molecule is CCOc1cc(CNC(C)CC)cc(Br)c1OCc1ccc(C)cc1. The Morgan fingerprint density at radius 2 is 1.76 bits per heavy atom. The predicted molar refractivity (Wildman–Crippen MR) is 107 cm³/mol. The van der Waals surface area contributed by atoms with Gasteiger partial charge in [0.2, 0.25) is 0 Å². The normalized spacial score (nSPS) is 12.0. The van der Waals surface area contributed by atoms with Gasteiger partial charge in [0.05, 0.1) is 11.1 Å². The molecule has 0 aliphatic rings. The summed E-state index contributed by atoms with van der Waals surface area (Å²) >= 11 is 3.64. The van der Waals surface area contributed by atoms with Crippen molar-refractivity contribution in [3.63, 3.8) is 0 Å². The first-order valence-corrected chi connectivity index (χ1v) is 9.69. The molecule has 1 N–H and O–H groups in total. The molecule has 1 atom stereocenters. The van der Waals surface area contributed by atoms with Crippen molar-refractivity contribution in [2.75, 3.05) is 6.61 Å². The average Bonchev–Trinajstić information content (AvgIpc) is 2.60. The molecule has 0 saturated carbocycles. The summed E-state index contributed by atoms with van der Waals surface area (Å²) in [7, 11) is 0. The molecule has 0 aromatic heterocycles. The third kappa shape index (κ3) is 6.05. The van der Waals surface area contributed by atoms with Gasteiger partial charge in [-0.15, -0.1) is 0 Å². The summed E-state index contributed by atoms with van der Waals surface area (Å²) in [6.45, 7) is 10.4. The van der Waals surface area contributed by atoms with Crippen LogP contribution in [0.5, 0.6) is 11.5 Å². The number of rotatable bonds is 9. The molecule has 2 rings (SSSR count). The van der Waals surface area contributed by atoms with Gasteiger partial charge in [-0.05, 0) is 66.4 Å². The Morgan fingerprint density at radius 1 is 1.04 bits per heavy atom. The van der Waals surface area contributed by atoms with Crippen molar-refractivity contribution in [2.24, 2.45) is 0 Å². The van der Waals surface area contributed by atoms with Gasteiger partial charge in [-0.2, -0.15) is 0 Å². The fourth-order valence-electron chi connectivity index (χ4n) is 2.40. The van der Waals surface area contributed by atoms with Crippen LogP contribution in [0.3, 0.4) is 0 Å². The summed E-state index contributed by atoms with van der Waals surface area (Å²) in [5.41, 5.74) is 3.57. The lowest BCUT2D eigenvalue weighted by molar-refractivity contribution is 0.267. The Bertz CT molecular complexity index is 670. The number of ether oxygens (including phenoxy) is 2. The zero-order valence-corrected chi connectivity index (χ0v) is 17.2. The lowest BCUT2D eigenvalue weighted by Crippen LogP contribution is -2.24. The predicted octanol–water partition coefficient (Wildman–Crippen LogP) is 5.62. The molecule has 0 heterocycles. The van der Waals surface area contributed by atoms with Gasteiger partial charge in [-0.3, -0.25) is 0 Å². The molecule has 0 radical (unpaired) electrons. The van der Waals surface area contributed by atoms with Crippen molar-refractivity contribution in [3.05, 3.63) is 57.6 Å². The molecule has 136 valence electrons. The Hall–Kier alpha value is -1.52. The molecule has 0 fully saturated rings. The van der Waals surface area contributed by atoms with E-state index in [1.165, 1.54) is 11.1 Å². The molecular formula is C21H28BrNO2. The fraction of sp³-hybridized carbons (Fsp3) is 0.429. The molecule has 0 spiro atoms. The second-order valence-electron chi connectivity index (χ2n) is 6.30. The number of nitrogens with one attached hydrogen (secondary N) is 1. The van der Waals surface area contributed by atoms with Crippen molar-refractivity contribution < 1.29 is 9.47 Å². The van der Waals surface area contributed by atoms with Gasteiger partial charge in [0, 0.05) is 12.6 Å². The molecule has 2 aromatic carbocycles. The van der Waals surface area contributed by atoms with Crippen LogP contribution >= 0.6 is 15.9 Å². The summed E-state index contributed by atoms with van der Waals surface area (Å²) in [5.74, 6) is 1.54. The molecule has 0 saturated heterocycles. The first kappa shape index (κ1) is 19.8. The smallest absolute Gasteiger partial charge is 0.175 e. The fourth-order valence-corrected chi connectivity index (χ4v) is 3.01. The lowest BCUT2D eigenvalue weighted by Gasteiger charge is -2.17. The van der Waals surface area contributed by atoms with E-state index in [-0.39, 0.29) is 0 Å². The maximum atomic E-state index is 6.06. The van der Waals surface area contributed by atoms with Crippen LogP contribution in [-0.4, -0.2) is 12.6 Å². The van der Waals surface area contributed by atoms with Gasteiger partial charge in [0.15, 0.2) is 11.5 Å². The summed E-state index contributed by atoms with van der Waals surface area (Å²) in [4.78, 5) is 0. The van der Waals surface area contributed by atoms with Crippen molar-refractivity contribution in [2.45, 2.75) is 53.3 Å². The second kappa shape index (κ2) is 9.83. The van der Waals surface area contributed by atoms with Gasteiger partial charge in [0.1, 0.15) is 6.61 Å². The monoisotopic (exact) mass is 405 g/mol. The number of hydrogen-bond acceptors (Lipinski definition) is 3. The summed E-state index contributed by atoms with van der Waals surface area (Å²) in [5, 5.41) is 3.51. The van der Waals surface area contributed by atoms with Crippen LogP contribution in [-0.2, 0) is 13.2 Å². The van der Waals surface area contributed by atoms with Crippen molar-refractivity contribution in [1.82, 2.24) is 5.32 Å². The number of benzene rings is 2. The van der Waals surface area contributed by atoms with Crippen LogP contribution in [0.15, 0.2) is 40.9 Å². The first-order chi connectivity index (χ1) is 12.0. The average molecular weight is 406 g/mol. The Balaban J connectivity index is 2.13. The van der Waals surface area contributed by atoms with Gasteiger partial charge in [0.25, 0.3) is 0 Å². The third-order valence-corrected chi connectivity index (χ3v) is 4.73. The molecule has 3 nitrogen and oxygen atoms in total. The minimum Gasteiger partial charge on any atom is -0.490 e. The van der Waals surface area contributed by atoms with Crippen molar-refractivity contribution >= 4 is 15.9 Å². The zero-order chi connectivity index (χ0) is 18.2. The standard InChI is InChI=1S/C21H28BrNO2/c1-5-16(4)23-13-18-11-19(22)21(20(12-18)24-6-2)25-14-17-9-7-15(3)8-10-17/h7-12,16,23H,5-6,13-14H2,1-4H3. The third-order valence-electron chi connectivity index (χ3n) is 4.14. The van der Waals surface area contributed by atoms with E-state index in [1.807, 2.05) is 6.92 Å². The topological polar surface area (TPSA) is 30.5 Å². The van der Waals surface area contributed by atoms with Crippen LogP contribution in [0.25, 0.3) is 0 Å². The molecule has 4 heteroatoms. The Kier molecular flexibility index (Phi) is 7.79. The maximum absolute atomic E-state index is 6.06. The molecule has 25 heavy (non-hydrogen) atoms. The molecule has 0 aliphatic heterocycles. The molecule has 0 aliphatic carbocycles. The van der Waals surface area contributed by atoms with E-state index >= 15 is 0 Å². The number of hydrogen-bond donors (Lipinski definition) is 1. The second-order valence-corrected chi connectivity index (χ2v) is 7.16. The van der Waals surface area contributed by atoms with Crippen LogP contribution in [0.1, 0.15) is 43.9 Å². The highest BCUT2D eigenvalue weighted by atomic mass is 79.9. The molecule has 2 aromatic rings. The minimum absolute atomic E-state index is 0.492. The zero-order valence-electron chi connectivity index (χ0n) is 15.6. The van der Waals surface area contributed by atoms with Gasteiger partial charge >= 0.3 is 0 Å². The number of halogens is 1. The maximum Gasteiger partial charge on any atom is 0.175 e. The molecule has 1 unspecified atom stereocenters. The van der Waals surface area contributed by atoms with Gasteiger partial charge in [-0.25, -0.2) is 0 Å². The first-order valence-electron chi connectivity index (χ1n) is 8.90. The van der Waals surface area contributed by atoms with E-state index in [2.05, 4.69) is 78.4 Å². The number of aryl methyl sites for hydroxylation is 1. The van der Waals surface area contributed by atoms with Gasteiger partial charge < -0.3 is 14.8 Å². The molecule has 0 amide bonds. The van der Waals surface area contributed by atoms with Crippen molar-refractivity contribution in [1.29, 1.82) is 0 Å². The van der Waals surface area contributed by atoms with E-state index in [0.29, 0.717) is 19.3 Å². The van der Waals surface area contributed by atoms with Crippen molar-refractivity contribution in [3.8, 4) is 11.5 Å². The van der Waals surface area contributed by atoms with E-state index in [1.54, 1.807) is 0 Å². The lowest BCUT2D eigenvalue weighted by atomic mass is 10.1. The largest absolute Gasteiger partial charge is 0.490 e. The molecule has 0 bridgehead atoms. The van der Waals surface area contributed by atoms with E-state index < -0.39 is 0 Å². The van der Waals surface area contributed by atoms with Crippen LogP contribution in [0, 0.1) is 6.92 Å². The van der Waals surface area contributed by atoms with E-state index in [4.69, 9.17) is 9.47 Å². The Morgan fingerprint density at radius 3 is 2.40 bits per heavy atom. The van der Waals surface area contributed by atoms with Crippen LogP contribution in [0.4, 0.5) is 0 Å². The highest BCUT2D eigenvalue weighted by molar-refractivity contribution is 9.10. The van der Waals surface area contributed by atoms with Gasteiger partial charge in [-0.1, -0.05) is 36.8 Å². The van der Waals surface area contributed by atoms with Crippen LogP contribution < -0.4 is 14.8 Å². The highest BCUT2D eigenvalue weighted by Gasteiger charge is 2.13. The molecular weight excluding hydrogens is 378 g/mol. The Labute approximate surface area is 159 Å². The quantitative estimate of drug-likeness (QED) is 0.586. The minimum atomic E-state index is 0.492. The highest BCUT2D eigenvalue weighted by Crippen LogP contribution is 2.37. The summed E-state index contributed by atoms with van der Waals surface area (Å²) in [6, 6.07) is 13.0.